The van der Waals surface area contributed by atoms with Gasteiger partial charge in [0.15, 0.2) is 5.13 Å². The maximum atomic E-state index is 13.1. The summed E-state index contributed by atoms with van der Waals surface area (Å²) < 4.78 is 0. The van der Waals surface area contributed by atoms with Crippen LogP contribution in [-0.2, 0) is 9.59 Å². The highest BCUT2D eigenvalue weighted by Crippen LogP contribution is 2.43. The van der Waals surface area contributed by atoms with Crippen molar-refractivity contribution in [2.75, 3.05) is 4.90 Å². The van der Waals surface area contributed by atoms with E-state index in [4.69, 9.17) is 11.6 Å². The number of halogens is 1. The summed E-state index contributed by atoms with van der Waals surface area (Å²) in [6.07, 6.45) is 0. The molecule has 1 aliphatic rings. The number of amides is 1. The van der Waals surface area contributed by atoms with Crippen molar-refractivity contribution in [1.82, 2.24) is 4.98 Å². The molecule has 0 saturated carbocycles. The van der Waals surface area contributed by atoms with Crippen LogP contribution in [0.3, 0.4) is 0 Å². The van der Waals surface area contributed by atoms with E-state index in [2.05, 4.69) is 4.98 Å². The molecule has 7 heteroatoms. The number of hydrogen-bond acceptors (Lipinski definition) is 5. The number of ketones is 1. The van der Waals surface area contributed by atoms with E-state index in [-0.39, 0.29) is 11.3 Å². The number of aryl methyl sites for hydroxylation is 3. The van der Waals surface area contributed by atoms with Gasteiger partial charge in [0.05, 0.1) is 17.3 Å². The van der Waals surface area contributed by atoms with E-state index in [1.165, 1.54) is 16.2 Å². The van der Waals surface area contributed by atoms with E-state index in [0.717, 1.165) is 16.1 Å². The van der Waals surface area contributed by atoms with Gasteiger partial charge < -0.3 is 5.11 Å². The Morgan fingerprint density at radius 2 is 1.67 bits per heavy atom. The highest BCUT2D eigenvalue weighted by Gasteiger charge is 2.48. The number of hydrogen-bond donors (Lipinski definition) is 1. The number of benzene rings is 2. The zero-order valence-electron chi connectivity index (χ0n) is 16.6. The minimum absolute atomic E-state index is 0.0386. The second-order valence-electron chi connectivity index (χ2n) is 7.22. The molecule has 0 aliphatic carbocycles. The summed E-state index contributed by atoms with van der Waals surface area (Å²) in [6, 6.07) is 13.2. The highest BCUT2D eigenvalue weighted by atomic mass is 35.5. The van der Waals surface area contributed by atoms with Crippen molar-refractivity contribution >= 4 is 45.5 Å². The van der Waals surface area contributed by atoms with Gasteiger partial charge in [-0.15, -0.1) is 11.3 Å². The van der Waals surface area contributed by atoms with Crippen LogP contribution in [0.2, 0.25) is 5.02 Å². The summed E-state index contributed by atoms with van der Waals surface area (Å²) in [7, 11) is 0. The van der Waals surface area contributed by atoms with Gasteiger partial charge in [0, 0.05) is 15.5 Å². The third-order valence-electron chi connectivity index (χ3n) is 5.18. The number of nitrogens with zero attached hydrogens (tertiary/aromatic N) is 2. The molecule has 0 bridgehead atoms. The number of carbonyl (C=O) groups is 2. The average molecular weight is 439 g/mol. The molecule has 0 spiro atoms. The minimum Gasteiger partial charge on any atom is -0.507 e. The number of carbonyl (C=O) groups excluding carboxylic acids is 2. The van der Waals surface area contributed by atoms with E-state index in [1.807, 2.05) is 32.9 Å². The number of rotatable bonds is 3. The maximum Gasteiger partial charge on any atom is 0.301 e. The third kappa shape index (κ3) is 3.42. The lowest BCUT2D eigenvalue weighted by atomic mass is 9.95. The van der Waals surface area contributed by atoms with Crippen LogP contribution in [0.5, 0.6) is 0 Å². The van der Waals surface area contributed by atoms with Gasteiger partial charge in [-0.2, -0.15) is 0 Å². The largest absolute Gasteiger partial charge is 0.507 e. The Balaban J connectivity index is 1.94. The Hall–Kier alpha value is -2.96. The standard InChI is InChI=1S/C23H19ClN2O3S/c1-12-4-6-16(7-5-12)20(27)18-19(15-8-10-17(24)11-9-15)26(22(29)21(18)28)23-25-13(2)14(3)30-23/h4-11,19,27H,1-3H3/b20-18+/t19-/m0/s1. The van der Waals surface area contributed by atoms with Gasteiger partial charge in [0.2, 0.25) is 0 Å². The van der Waals surface area contributed by atoms with Crippen molar-refractivity contribution in [2.24, 2.45) is 0 Å². The predicted octanol–water partition coefficient (Wildman–Crippen LogP) is 5.35. The third-order valence-corrected chi connectivity index (χ3v) is 6.50. The molecular formula is C23H19ClN2O3S. The summed E-state index contributed by atoms with van der Waals surface area (Å²) in [5.41, 5.74) is 3.00. The van der Waals surface area contributed by atoms with Crippen molar-refractivity contribution in [1.29, 1.82) is 0 Å². The van der Waals surface area contributed by atoms with Gasteiger partial charge in [-0.05, 0) is 38.5 Å². The monoisotopic (exact) mass is 438 g/mol. The second-order valence-corrected chi connectivity index (χ2v) is 8.84. The van der Waals surface area contributed by atoms with Crippen LogP contribution in [0.1, 0.15) is 33.3 Å². The zero-order valence-corrected chi connectivity index (χ0v) is 18.2. The van der Waals surface area contributed by atoms with E-state index >= 15 is 0 Å². The topological polar surface area (TPSA) is 70.5 Å². The lowest BCUT2D eigenvalue weighted by Gasteiger charge is -2.23. The first-order chi connectivity index (χ1) is 14.3. The molecule has 152 valence electrons. The van der Waals surface area contributed by atoms with Crippen molar-refractivity contribution in [2.45, 2.75) is 26.8 Å². The fourth-order valence-electron chi connectivity index (χ4n) is 3.42. The molecule has 3 aromatic rings. The van der Waals surface area contributed by atoms with Crippen LogP contribution >= 0.6 is 22.9 Å². The van der Waals surface area contributed by atoms with E-state index in [9.17, 15) is 14.7 Å². The first-order valence-corrected chi connectivity index (χ1v) is 10.5. The molecule has 1 aliphatic heterocycles. The summed E-state index contributed by atoms with van der Waals surface area (Å²) in [5, 5.41) is 12.0. The molecule has 1 fully saturated rings. The quantitative estimate of drug-likeness (QED) is 0.340. The van der Waals surface area contributed by atoms with Crippen molar-refractivity contribution in [3.05, 3.63) is 86.4 Å². The Morgan fingerprint density at radius 3 is 2.23 bits per heavy atom. The van der Waals surface area contributed by atoms with E-state index in [0.29, 0.717) is 21.3 Å². The second kappa shape index (κ2) is 7.70. The maximum absolute atomic E-state index is 13.1. The van der Waals surface area contributed by atoms with Crippen molar-refractivity contribution < 1.29 is 14.7 Å². The lowest BCUT2D eigenvalue weighted by Crippen LogP contribution is -2.29. The van der Waals surface area contributed by atoms with Crippen LogP contribution < -0.4 is 4.90 Å². The van der Waals surface area contributed by atoms with Gasteiger partial charge >= 0.3 is 5.91 Å². The molecule has 30 heavy (non-hydrogen) atoms. The number of aromatic nitrogens is 1. The lowest BCUT2D eigenvalue weighted by molar-refractivity contribution is -0.132. The number of anilines is 1. The molecular weight excluding hydrogens is 420 g/mol. The molecule has 1 saturated heterocycles. The predicted molar refractivity (Wildman–Crippen MR) is 119 cm³/mol. The SMILES string of the molecule is Cc1ccc(/C(O)=C2\C(=O)C(=O)N(c3nc(C)c(C)s3)[C@H]2c2ccc(Cl)cc2)cc1. The molecule has 4 rings (SSSR count). The number of aliphatic hydroxyl groups excluding tert-OH is 1. The molecule has 2 aromatic carbocycles. The fourth-order valence-corrected chi connectivity index (χ4v) is 4.48. The Bertz CT molecular complexity index is 1160. The molecule has 1 amide bonds. The van der Waals surface area contributed by atoms with Crippen molar-refractivity contribution in [3.63, 3.8) is 0 Å². The number of Topliss-reactive ketones (excluding diaryl/α,β-unsaturated/α-hetero) is 1. The van der Waals surface area contributed by atoms with E-state index < -0.39 is 17.7 Å². The molecule has 1 atom stereocenters. The minimum atomic E-state index is -0.798. The molecule has 1 N–H and O–H groups in total. The Labute approximate surface area is 183 Å². The first kappa shape index (κ1) is 20.3. The summed E-state index contributed by atoms with van der Waals surface area (Å²) in [6.45, 7) is 5.70. The Morgan fingerprint density at radius 1 is 1.03 bits per heavy atom. The molecule has 0 unspecified atom stereocenters. The molecule has 0 radical (unpaired) electrons. The highest BCUT2D eigenvalue weighted by molar-refractivity contribution is 7.16. The van der Waals surface area contributed by atoms with Gasteiger partial charge in [-0.25, -0.2) is 4.98 Å². The smallest absolute Gasteiger partial charge is 0.301 e. The molecule has 2 heterocycles. The summed E-state index contributed by atoms with van der Waals surface area (Å²) in [5.74, 6) is -1.66. The molecule has 5 nitrogen and oxygen atoms in total. The fraction of sp³-hybridized carbons (Fsp3) is 0.174. The van der Waals surface area contributed by atoms with Gasteiger partial charge in [0.1, 0.15) is 5.76 Å². The van der Waals surface area contributed by atoms with Gasteiger partial charge in [-0.1, -0.05) is 53.6 Å². The first-order valence-electron chi connectivity index (χ1n) is 9.35. The summed E-state index contributed by atoms with van der Waals surface area (Å²) in [4.78, 5) is 32.9. The van der Waals surface area contributed by atoms with Crippen LogP contribution in [0.4, 0.5) is 5.13 Å². The zero-order chi connectivity index (χ0) is 21.6. The van der Waals surface area contributed by atoms with E-state index in [1.54, 1.807) is 36.4 Å². The van der Waals surface area contributed by atoms with Gasteiger partial charge in [0.25, 0.3) is 5.78 Å². The number of aliphatic hydroxyl groups is 1. The van der Waals surface area contributed by atoms with Crippen LogP contribution in [0.25, 0.3) is 5.76 Å². The van der Waals surface area contributed by atoms with Crippen LogP contribution in [0, 0.1) is 20.8 Å². The molecule has 1 aromatic heterocycles. The number of thiazole rings is 1. The normalized spacial score (nSPS) is 18.3. The van der Waals surface area contributed by atoms with Gasteiger partial charge in [-0.3, -0.25) is 14.5 Å². The van der Waals surface area contributed by atoms with Crippen LogP contribution in [0.15, 0.2) is 54.1 Å². The Kier molecular flexibility index (Phi) is 5.22. The summed E-state index contributed by atoms with van der Waals surface area (Å²) >= 11 is 7.39. The van der Waals surface area contributed by atoms with Crippen molar-refractivity contribution in [3.8, 4) is 0 Å². The van der Waals surface area contributed by atoms with Crippen LogP contribution in [-0.4, -0.2) is 21.8 Å². The average Bonchev–Trinajstić information content (AvgIpc) is 3.18.